The van der Waals surface area contributed by atoms with Gasteiger partial charge in [-0.2, -0.15) is 13.2 Å². The summed E-state index contributed by atoms with van der Waals surface area (Å²) in [7, 11) is -4.09. The van der Waals surface area contributed by atoms with Crippen molar-refractivity contribution in [3.05, 3.63) is 64.2 Å². The smallest absolute Gasteiger partial charge is 0.207 e. The Morgan fingerprint density at radius 3 is 2.21 bits per heavy atom. The largest absolute Gasteiger partial charge is 0.419 e. The summed E-state index contributed by atoms with van der Waals surface area (Å²) in [5.74, 6) is -2.32. The van der Waals surface area contributed by atoms with Gasteiger partial charge in [0.25, 0.3) is 0 Å². The number of alkyl halides is 3. The van der Waals surface area contributed by atoms with Gasteiger partial charge in [-0.3, -0.25) is 0 Å². The van der Waals surface area contributed by atoms with Crippen molar-refractivity contribution in [2.45, 2.75) is 17.6 Å². The fourth-order valence-electron chi connectivity index (χ4n) is 1.80. The lowest BCUT2D eigenvalue weighted by Crippen LogP contribution is -2.23. The Balaban J connectivity index is 2.18. The Bertz CT molecular complexity index is 868. The van der Waals surface area contributed by atoms with Gasteiger partial charge in [-0.1, -0.05) is 17.7 Å². The van der Waals surface area contributed by atoms with Crippen LogP contribution in [-0.2, 0) is 22.7 Å². The first-order chi connectivity index (χ1) is 11.0. The Morgan fingerprint density at radius 2 is 1.67 bits per heavy atom. The number of nitrogens with one attached hydrogen (secondary N) is 1. The molecule has 0 unspecified atom stereocenters. The van der Waals surface area contributed by atoms with Gasteiger partial charge in [0.2, 0.25) is 10.0 Å². The molecule has 24 heavy (non-hydrogen) atoms. The predicted molar refractivity (Wildman–Crippen MR) is 76.8 cm³/mol. The van der Waals surface area contributed by atoms with Crippen LogP contribution in [0.15, 0.2) is 41.3 Å². The van der Waals surface area contributed by atoms with Crippen molar-refractivity contribution >= 4 is 21.6 Å². The van der Waals surface area contributed by atoms with Gasteiger partial charge in [-0.25, -0.2) is 21.9 Å². The van der Waals surface area contributed by atoms with Crippen molar-refractivity contribution < 1.29 is 30.4 Å². The molecule has 0 fully saturated rings. The van der Waals surface area contributed by atoms with E-state index in [2.05, 4.69) is 4.72 Å². The minimum absolute atomic E-state index is 0.0164. The zero-order chi connectivity index (χ0) is 18.1. The first-order valence-electron chi connectivity index (χ1n) is 6.31. The third-order valence-electron chi connectivity index (χ3n) is 3.01. The van der Waals surface area contributed by atoms with E-state index in [4.69, 9.17) is 11.6 Å². The van der Waals surface area contributed by atoms with Crippen LogP contribution < -0.4 is 4.72 Å². The molecule has 10 heteroatoms. The topological polar surface area (TPSA) is 46.2 Å². The summed E-state index contributed by atoms with van der Waals surface area (Å²) in [5, 5.41) is -0.404. The lowest BCUT2D eigenvalue weighted by atomic mass is 10.1. The van der Waals surface area contributed by atoms with Gasteiger partial charge in [0, 0.05) is 6.54 Å². The lowest BCUT2D eigenvalue weighted by molar-refractivity contribution is -0.140. The molecule has 0 aromatic heterocycles. The summed E-state index contributed by atoms with van der Waals surface area (Å²) < 4.78 is 89.9. The van der Waals surface area contributed by atoms with E-state index in [0.29, 0.717) is 12.1 Å². The maximum absolute atomic E-state index is 13.4. The summed E-state index contributed by atoms with van der Waals surface area (Å²) in [4.78, 5) is -0.332. The highest BCUT2D eigenvalue weighted by Gasteiger charge is 2.33. The molecule has 0 atom stereocenters. The molecule has 0 radical (unpaired) electrons. The van der Waals surface area contributed by atoms with Crippen molar-refractivity contribution in [2.75, 3.05) is 0 Å². The monoisotopic (exact) mass is 385 g/mol. The standard InChI is InChI=1S/C14H9ClF5NO2S/c15-11-6-9(2-4-12(11)16)24(22,23)21-7-8-1-3-10(13(17)5-8)14(18,19)20/h1-6,21H,7H2. The fourth-order valence-corrected chi connectivity index (χ4v) is 3.09. The van der Waals surface area contributed by atoms with Crippen molar-refractivity contribution in [1.29, 1.82) is 0 Å². The first-order valence-corrected chi connectivity index (χ1v) is 8.17. The van der Waals surface area contributed by atoms with Gasteiger partial charge in [-0.15, -0.1) is 0 Å². The number of rotatable bonds is 4. The normalized spacial score (nSPS) is 12.4. The average molecular weight is 386 g/mol. The maximum Gasteiger partial charge on any atom is 0.419 e. The van der Waals surface area contributed by atoms with Gasteiger partial charge in [0.05, 0.1) is 15.5 Å². The van der Waals surface area contributed by atoms with Gasteiger partial charge in [0.15, 0.2) is 0 Å². The van der Waals surface area contributed by atoms with Crippen LogP contribution >= 0.6 is 11.6 Å². The molecule has 2 aromatic rings. The van der Waals surface area contributed by atoms with Crippen LogP contribution in [0.5, 0.6) is 0 Å². The van der Waals surface area contributed by atoms with Crippen molar-refractivity contribution in [3.8, 4) is 0 Å². The van der Waals surface area contributed by atoms with Gasteiger partial charge >= 0.3 is 6.18 Å². The molecule has 3 nitrogen and oxygen atoms in total. The van der Waals surface area contributed by atoms with Crippen LogP contribution in [0.25, 0.3) is 0 Å². The molecule has 130 valence electrons. The van der Waals surface area contributed by atoms with Gasteiger partial charge < -0.3 is 0 Å². The van der Waals surface area contributed by atoms with E-state index in [1.807, 2.05) is 0 Å². The molecular formula is C14H9ClF5NO2S. The van der Waals surface area contributed by atoms with Crippen molar-refractivity contribution in [2.24, 2.45) is 0 Å². The molecule has 0 amide bonds. The quantitative estimate of drug-likeness (QED) is 0.805. The lowest BCUT2D eigenvalue weighted by Gasteiger charge is -2.11. The van der Waals surface area contributed by atoms with Crippen molar-refractivity contribution in [3.63, 3.8) is 0 Å². The molecule has 0 aliphatic carbocycles. The molecule has 0 heterocycles. The highest BCUT2D eigenvalue weighted by Crippen LogP contribution is 2.31. The average Bonchev–Trinajstić information content (AvgIpc) is 2.46. The minimum atomic E-state index is -4.84. The third kappa shape index (κ3) is 4.22. The number of benzene rings is 2. The number of halogens is 6. The van der Waals surface area contributed by atoms with E-state index in [-0.39, 0.29) is 10.5 Å². The van der Waals surface area contributed by atoms with E-state index >= 15 is 0 Å². The van der Waals surface area contributed by atoms with E-state index in [1.165, 1.54) is 0 Å². The predicted octanol–water partition coefficient (Wildman–Crippen LogP) is 4.12. The second-order valence-corrected chi connectivity index (χ2v) is 6.89. The molecular weight excluding hydrogens is 377 g/mol. The number of sulfonamides is 1. The summed E-state index contributed by atoms with van der Waals surface area (Å²) in [6.45, 7) is -0.452. The Labute approximate surface area is 139 Å². The molecule has 0 aliphatic heterocycles. The maximum atomic E-state index is 13.4. The SMILES string of the molecule is O=S(=O)(NCc1ccc(C(F)(F)F)c(F)c1)c1ccc(F)c(Cl)c1. The first kappa shape index (κ1) is 18.6. The zero-order valence-electron chi connectivity index (χ0n) is 11.7. The Morgan fingerprint density at radius 1 is 1.00 bits per heavy atom. The summed E-state index contributed by atoms with van der Waals surface area (Å²) in [6, 6.07) is 4.76. The van der Waals surface area contributed by atoms with Crippen LogP contribution in [0.1, 0.15) is 11.1 Å². The third-order valence-corrected chi connectivity index (χ3v) is 4.70. The second kappa shape index (κ2) is 6.66. The van der Waals surface area contributed by atoms with Crippen molar-refractivity contribution in [1.82, 2.24) is 4.72 Å². The molecule has 0 spiro atoms. The van der Waals surface area contributed by atoms with E-state index < -0.39 is 45.0 Å². The summed E-state index contributed by atoms with van der Waals surface area (Å²) in [6.07, 6.45) is -4.84. The number of hydrogen-bond acceptors (Lipinski definition) is 2. The van der Waals surface area contributed by atoms with Crippen LogP contribution in [-0.4, -0.2) is 8.42 Å². The van der Waals surface area contributed by atoms with Gasteiger partial charge in [0.1, 0.15) is 11.6 Å². The van der Waals surface area contributed by atoms with Crippen LogP contribution in [0.4, 0.5) is 22.0 Å². The highest BCUT2D eigenvalue weighted by atomic mass is 35.5. The van der Waals surface area contributed by atoms with E-state index in [9.17, 15) is 30.4 Å². The Hall–Kier alpha value is -1.71. The molecule has 1 N–H and O–H groups in total. The molecule has 0 saturated carbocycles. The van der Waals surface area contributed by atoms with Gasteiger partial charge in [-0.05, 0) is 35.9 Å². The molecule has 2 rings (SSSR count). The zero-order valence-corrected chi connectivity index (χ0v) is 13.2. The molecule has 0 bridgehead atoms. The van der Waals surface area contributed by atoms with Crippen LogP contribution in [0.2, 0.25) is 5.02 Å². The summed E-state index contributed by atoms with van der Waals surface area (Å²) >= 11 is 5.49. The molecule has 2 aromatic carbocycles. The number of hydrogen-bond donors (Lipinski definition) is 1. The van der Waals surface area contributed by atoms with E-state index in [0.717, 1.165) is 24.3 Å². The van der Waals surface area contributed by atoms with E-state index in [1.54, 1.807) is 0 Å². The molecule has 0 aliphatic rings. The fraction of sp³-hybridized carbons (Fsp3) is 0.143. The highest BCUT2D eigenvalue weighted by molar-refractivity contribution is 7.89. The second-order valence-electron chi connectivity index (χ2n) is 4.71. The summed E-state index contributed by atoms with van der Waals surface area (Å²) in [5.41, 5.74) is -1.46. The van der Waals surface area contributed by atoms with Crippen LogP contribution in [0, 0.1) is 11.6 Å². The minimum Gasteiger partial charge on any atom is -0.207 e. The van der Waals surface area contributed by atoms with Crippen LogP contribution in [0.3, 0.4) is 0 Å². The molecule has 0 saturated heterocycles. The Kier molecular flexibility index (Phi) is 5.17.